The van der Waals surface area contributed by atoms with E-state index in [0.717, 1.165) is 12.8 Å². The van der Waals surface area contributed by atoms with Gasteiger partial charge in [-0.1, -0.05) is 32.0 Å². The fourth-order valence-electron chi connectivity index (χ4n) is 3.75. The molecular weight excluding hydrogens is 368 g/mol. The van der Waals surface area contributed by atoms with E-state index < -0.39 is 5.97 Å². The summed E-state index contributed by atoms with van der Waals surface area (Å²) < 4.78 is 0. The maximum absolute atomic E-state index is 12.9. The number of aromatic carboxylic acids is 1. The van der Waals surface area contributed by atoms with Gasteiger partial charge < -0.3 is 10.0 Å². The van der Waals surface area contributed by atoms with Crippen LogP contribution in [-0.4, -0.2) is 45.7 Å². The molecule has 0 radical (unpaired) electrons. The van der Waals surface area contributed by atoms with Crippen LogP contribution in [0.4, 0.5) is 0 Å². The number of benzene rings is 1. The summed E-state index contributed by atoms with van der Waals surface area (Å²) in [6, 6.07) is 9.98. The number of carboxylic acids is 1. The molecule has 1 aliphatic rings. The minimum Gasteiger partial charge on any atom is -0.478 e. The fourth-order valence-corrected chi connectivity index (χ4v) is 3.75. The number of rotatable bonds is 6. The highest BCUT2D eigenvalue weighted by molar-refractivity contribution is 5.97. The van der Waals surface area contributed by atoms with Crippen molar-refractivity contribution < 1.29 is 19.5 Å². The molecule has 6 nitrogen and oxygen atoms in total. The first-order valence-corrected chi connectivity index (χ1v) is 9.97. The third-order valence-electron chi connectivity index (χ3n) is 5.22. The number of nitrogens with zero attached hydrogens (tertiary/aromatic N) is 2. The van der Waals surface area contributed by atoms with Gasteiger partial charge in [-0.15, -0.1) is 0 Å². The van der Waals surface area contributed by atoms with Crippen LogP contribution in [0.3, 0.4) is 0 Å². The van der Waals surface area contributed by atoms with Crippen molar-refractivity contribution in [2.45, 2.75) is 33.1 Å². The standard InChI is InChI=1S/C23H26N2O4/c1-15(2)12-21(26)17-6-5-11-25(14-17)22(27)16-9-10-20(24-13-16)18-7-3-4-8-19(18)23(28)29/h3-4,7-10,13,15,17H,5-6,11-12,14H2,1-2H3,(H,28,29). The molecule has 1 amide bonds. The van der Waals surface area contributed by atoms with Crippen LogP contribution >= 0.6 is 0 Å². The Morgan fingerprint density at radius 3 is 2.59 bits per heavy atom. The molecule has 1 atom stereocenters. The lowest BCUT2D eigenvalue weighted by Gasteiger charge is -2.32. The lowest BCUT2D eigenvalue weighted by molar-refractivity contribution is -0.124. The quantitative estimate of drug-likeness (QED) is 0.802. The summed E-state index contributed by atoms with van der Waals surface area (Å²) in [5.74, 6) is -0.703. The zero-order chi connectivity index (χ0) is 21.0. The second-order valence-corrected chi connectivity index (χ2v) is 7.94. The van der Waals surface area contributed by atoms with Crippen LogP contribution < -0.4 is 0 Å². The second-order valence-electron chi connectivity index (χ2n) is 7.94. The lowest BCUT2D eigenvalue weighted by atomic mass is 9.89. The first kappa shape index (κ1) is 20.7. The van der Waals surface area contributed by atoms with E-state index in [1.54, 1.807) is 35.2 Å². The Bertz CT molecular complexity index is 905. The highest BCUT2D eigenvalue weighted by Gasteiger charge is 2.29. The number of ketones is 1. The van der Waals surface area contributed by atoms with E-state index in [2.05, 4.69) is 4.98 Å². The van der Waals surface area contributed by atoms with Gasteiger partial charge in [0, 0.05) is 37.2 Å². The summed E-state index contributed by atoms with van der Waals surface area (Å²) in [6.45, 7) is 5.14. The number of likely N-dealkylation sites (tertiary alicyclic amines) is 1. The fraction of sp³-hybridized carbons (Fsp3) is 0.391. The molecule has 0 spiro atoms. The predicted molar refractivity (Wildman–Crippen MR) is 110 cm³/mol. The van der Waals surface area contributed by atoms with Crippen LogP contribution in [-0.2, 0) is 4.79 Å². The molecule has 0 bridgehead atoms. The Hall–Kier alpha value is -3.02. The summed E-state index contributed by atoms with van der Waals surface area (Å²) in [7, 11) is 0. The number of hydrogen-bond donors (Lipinski definition) is 1. The van der Waals surface area contributed by atoms with E-state index in [9.17, 15) is 19.5 Å². The lowest BCUT2D eigenvalue weighted by Crippen LogP contribution is -2.42. The van der Waals surface area contributed by atoms with Gasteiger partial charge in [0.05, 0.1) is 16.8 Å². The number of pyridine rings is 1. The average molecular weight is 394 g/mol. The smallest absolute Gasteiger partial charge is 0.336 e. The predicted octanol–water partition coefficient (Wildman–Crippen LogP) is 3.91. The number of amides is 1. The Balaban J connectivity index is 1.74. The monoisotopic (exact) mass is 394 g/mol. The summed E-state index contributed by atoms with van der Waals surface area (Å²) in [5, 5.41) is 9.35. The van der Waals surface area contributed by atoms with E-state index in [-0.39, 0.29) is 23.2 Å². The molecule has 0 saturated carbocycles. The van der Waals surface area contributed by atoms with Gasteiger partial charge in [0.1, 0.15) is 5.78 Å². The molecule has 0 aliphatic carbocycles. The molecule has 2 aromatic rings. The van der Waals surface area contributed by atoms with Crippen LogP contribution in [0.25, 0.3) is 11.3 Å². The molecule has 6 heteroatoms. The third kappa shape index (κ3) is 4.88. The van der Waals surface area contributed by atoms with E-state index in [1.807, 2.05) is 13.8 Å². The molecule has 3 rings (SSSR count). The van der Waals surface area contributed by atoms with Gasteiger partial charge in [-0.2, -0.15) is 0 Å². The van der Waals surface area contributed by atoms with Gasteiger partial charge in [-0.25, -0.2) is 4.79 Å². The SMILES string of the molecule is CC(C)CC(=O)C1CCCN(C(=O)c2ccc(-c3ccccc3C(=O)O)nc2)C1. The van der Waals surface area contributed by atoms with E-state index in [4.69, 9.17) is 0 Å². The Kier molecular flexibility index (Phi) is 6.42. The van der Waals surface area contributed by atoms with Gasteiger partial charge in [0.25, 0.3) is 5.91 Å². The molecule has 1 aliphatic heterocycles. The van der Waals surface area contributed by atoms with Crippen molar-refractivity contribution in [2.75, 3.05) is 13.1 Å². The Morgan fingerprint density at radius 2 is 1.93 bits per heavy atom. The molecule has 152 valence electrons. The Morgan fingerprint density at radius 1 is 1.17 bits per heavy atom. The number of carbonyl (C=O) groups is 3. The van der Waals surface area contributed by atoms with Crippen LogP contribution in [0.5, 0.6) is 0 Å². The van der Waals surface area contributed by atoms with E-state index in [1.165, 1.54) is 12.3 Å². The van der Waals surface area contributed by atoms with E-state index >= 15 is 0 Å². The third-order valence-corrected chi connectivity index (χ3v) is 5.22. The molecule has 1 saturated heterocycles. The molecule has 1 N–H and O–H groups in total. The van der Waals surface area contributed by atoms with Gasteiger partial charge in [0.15, 0.2) is 0 Å². The number of piperidine rings is 1. The number of hydrogen-bond acceptors (Lipinski definition) is 4. The largest absolute Gasteiger partial charge is 0.478 e. The van der Waals surface area contributed by atoms with Crippen LogP contribution in [0.2, 0.25) is 0 Å². The minimum absolute atomic E-state index is 0.0928. The summed E-state index contributed by atoms with van der Waals surface area (Å²) in [4.78, 5) is 42.8. The molecule has 1 unspecified atom stereocenters. The number of carbonyl (C=O) groups excluding carboxylic acids is 2. The molecule has 1 aromatic heterocycles. The maximum atomic E-state index is 12.9. The van der Waals surface area contributed by atoms with Crippen molar-refractivity contribution in [1.29, 1.82) is 0 Å². The summed E-state index contributed by atoms with van der Waals surface area (Å²) in [5.41, 5.74) is 1.62. The summed E-state index contributed by atoms with van der Waals surface area (Å²) >= 11 is 0. The number of aromatic nitrogens is 1. The molecule has 1 fully saturated rings. The average Bonchev–Trinajstić information content (AvgIpc) is 2.73. The molecular formula is C23H26N2O4. The maximum Gasteiger partial charge on any atom is 0.336 e. The van der Waals surface area contributed by atoms with Crippen LogP contribution in [0, 0.1) is 11.8 Å². The second kappa shape index (κ2) is 8.99. The van der Waals surface area contributed by atoms with Crippen molar-refractivity contribution in [2.24, 2.45) is 11.8 Å². The zero-order valence-electron chi connectivity index (χ0n) is 16.8. The summed E-state index contributed by atoms with van der Waals surface area (Å²) in [6.07, 6.45) is 3.68. The minimum atomic E-state index is -1.02. The number of carboxylic acid groups (broad SMARTS) is 1. The molecule has 2 heterocycles. The highest BCUT2D eigenvalue weighted by atomic mass is 16.4. The molecule has 1 aromatic carbocycles. The van der Waals surface area contributed by atoms with Gasteiger partial charge >= 0.3 is 5.97 Å². The Labute approximate surface area is 170 Å². The normalized spacial score (nSPS) is 16.7. The van der Waals surface area contributed by atoms with Gasteiger partial charge in [-0.05, 0) is 37.0 Å². The number of Topliss-reactive ketones (excluding diaryl/α,β-unsaturated/α-hetero) is 1. The van der Waals surface area contributed by atoms with Gasteiger partial charge in [-0.3, -0.25) is 14.6 Å². The first-order chi connectivity index (χ1) is 13.9. The van der Waals surface area contributed by atoms with Crippen molar-refractivity contribution in [3.8, 4) is 11.3 Å². The molecule has 29 heavy (non-hydrogen) atoms. The highest BCUT2D eigenvalue weighted by Crippen LogP contribution is 2.24. The van der Waals surface area contributed by atoms with Crippen molar-refractivity contribution in [3.05, 3.63) is 53.7 Å². The van der Waals surface area contributed by atoms with Crippen LogP contribution in [0.1, 0.15) is 53.8 Å². The van der Waals surface area contributed by atoms with Gasteiger partial charge in [0.2, 0.25) is 0 Å². The van der Waals surface area contributed by atoms with Crippen molar-refractivity contribution in [1.82, 2.24) is 9.88 Å². The van der Waals surface area contributed by atoms with Crippen molar-refractivity contribution in [3.63, 3.8) is 0 Å². The zero-order valence-corrected chi connectivity index (χ0v) is 16.8. The topological polar surface area (TPSA) is 87.6 Å². The van der Waals surface area contributed by atoms with Crippen LogP contribution in [0.15, 0.2) is 42.6 Å². The van der Waals surface area contributed by atoms with E-state index in [0.29, 0.717) is 42.2 Å². The van der Waals surface area contributed by atoms with Crippen molar-refractivity contribution >= 4 is 17.7 Å². The first-order valence-electron chi connectivity index (χ1n) is 9.97.